The first kappa shape index (κ1) is 16.7. The molecular formula is C13H22FNO5. The quantitative estimate of drug-likeness (QED) is 0.857. The lowest BCUT2D eigenvalue weighted by Gasteiger charge is -2.33. The molecule has 0 aliphatic carbocycles. The summed E-state index contributed by atoms with van der Waals surface area (Å²) >= 11 is 0. The van der Waals surface area contributed by atoms with E-state index in [1.54, 1.807) is 25.7 Å². The van der Waals surface area contributed by atoms with E-state index in [0.29, 0.717) is 25.9 Å². The summed E-state index contributed by atoms with van der Waals surface area (Å²) in [4.78, 5) is 23.7. The summed E-state index contributed by atoms with van der Waals surface area (Å²) < 4.78 is 22.6. The molecule has 0 radical (unpaired) electrons. The second-order valence-electron chi connectivity index (χ2n) is 5.90. The van der Waals surface area contributed by atoms with Gasteiger partial charge in [0, 0.05) is 13.1 Å². The smallest absolute Gasteiger partial charge is 0.410 e. The Balaban J connectivity index is 2.29. The van der Waals surface area contributed by atoms with Crippen LogP contribution in [-0.2, 0) is 14.3 Å². The Morgan fingerprint density at radius 1 is 1.35 bits per heavy atom. The van der Waals surface area contributed by atoms with Crippen molar-refractivity contribution in [2.75, 3.05) is 19.7 Å². The molecule has 1 aliphatic heterocycles. The van der Waals surface area contributed by atoms with Crippen LogP contribution < -0.4 is 0 Å². The molecule has 1 rings (SSSR count). The van der Waals surface area contributed by atoms with Gasteiger partial charge in [0.1, 0.15) is 5.60 Å². The van der Waals surface area contributed by atoms with E-state index in [2.05, 4.69) is 4.74 Å². The molecule has 1 amide bonds. The molecule has 0 aromatic carbocycles. The largest absolute Gasteiger partial charge is 0.477 e. The monoisotopic (exact) mass is 291 g/mol. The number of piperidine rings is 1. The first-order valence-electron chi connectivity index (χ1n) is 6.65. The van der Waals surface area contributed by atoms with E-state index in [4.69, 9.17) is 9.84 Å². The minimum atomic E-state index is -2.28. The van der Waals surface area contributed by atoms with Gasteiger partial charge in [-0.05, 0) is 39.5 Å². The second kappa shape index (κ2) is 6.88. The van der Waals surface area contributed by atoms with E-state index < -0.39 is 17.9 Å². The average Bonchev–Trinajstić information content (AvgIpc) is 2.34. The van der Waals surface area contributed by atoms with Crippen molar-refractivity contribution in [1.82, 2.24) is 4.90 Å². The fourth-order valence-corrected chi connectivity index (χ4v) is 1.90. The van der Waals surface area contributed by atoms with E-state index >= 15 is 0 Å². The van der Waals surface area contributed by atoms with Gasteiger partial charge in [0.2, 0.25) is 0 Å². The Morgan fingerprint density at radius 2 is 1.90 bits per heavy atom. The fraction of sp³-hybridized carbons (Fsp3) is 0.846. The molecule has 1 atom stereocenters. The Morgan fingerprint density at radius 3 is 2.35 bits per heavy atom. The van der Waals surface area contributed by atoms with Crippen LogP contribution in [0.15, 0.2) is 0 Å². The van der Waals surface area contributed by atoms with Crippen molar-refractivity contribution in [3.63, 3.8) is 0 Å². The second-order valence-corrected chi connectivity index (χ2v) is 5.90. The molecule has 1 heterocycles. The lowest BCUT2D eigenvalue weighted by atomic mass is 9.98. The molecule has 20 heavy (non-hydrogen) atoms. The molecule has 1 N–H and O–H groups in total. The van der Waals surface area contributed by atoms with E-state index in [1.165, 1.54) is 0 Å². The van der Waals surface area contributed by atoms with Crippen LogP contribution in [0.5, 0.6) is 0 Å². The highest BCUT2D eigenvalue weighted by Crippen LogP contribution is 2.20. The highest BCUT2D eigenvalue weighted by molar-refractivity contribution is 5.70. The molecular weight excluding hydrogens is 269 g/mol. The number of alkyl halides is 1. The fourth-order valence-electron chi connectivity index (χ4n) is 1.90. The van der Waals surface area contributed by atoms with Gasteiger partial charge in [-0.25, -0.2) is 14.0 Å². The average molecular weight is 291 g/mol. The van der Waals surface area contributed by atoms with Gasteiger partial charge >= 0.3 is 12.1 Å². The van der Waals surface area contributed by atoms with Gasteiger partial charge in [-0.15, -0.1) is 0 Å². The minimum absolute atomic E-state index is 0.0512. The van der Waals surface area contributed by atoms with Crippen LogP contribution in [0.25, 0.3) is 0 Å². The van der Waals surface area contributed by atoms with Gasteiger partial charge in [-0.1, -0.05) is 0 Å². The van der Waals surface area contributed by atoms with Crippen molar-refractivity contribution < 1.29 is 28.6 Å². The predicted molar refractivity (Wildman–Crippen MR) is 69.0 cm³/mol. The molecule has 1 unspecified atom stereocenters. The van der Waals surface area contributed by atoms with Crippen LogP contribution >= 0.6 is 0 Å². The van der Waals surface area contributed by atoms with E-state index in [-0.39, 0.29) is 18.6 Å². The maximum absolute atomic E-state index is 12.8. The molecule has 0 aromatic rings. The van der Waals surface area contributed by atoms with Gasteiger partial charge < -0.3 is 19.5 Å². The third-order valence-corrected chi connectivity index (χ3v) is 2.94. The SMILES string of the molecule is CC(C)(C)OC(=O)N1CCC(COC(F)C(=O)O)CC1. The van der Waals surface area contributed by atoms with Crippen molar-refractivity contribution in [2.45, 2.75) is 45.6 Å². The number of ether oxygens (including phenoxy) is 2. The topological polar surface area (TPSA) is 76.1 Å². The maximum atomic E-state index is 12.8. The molecule has 6 nitrogen and oxygen atoms in total. The highest BCUT2D eigenvalue weighted by Gasteiger charge is 2.28. The third-order valence-electron chi connectivity index (χ3n) is 2.94. The van der Waals surface area contributed by atoms with E-state index in [0.717, 1.165) is 0 Å². The number of amides is 1. The lowest BCUT2D eigenvalue weighted by Crippen LogP contribution is -2.42. The lowest BCUT2D eigenvalue weighted by molar-refractivity contribution is -0.165. The van der Waals surface area contributed by atoms with Crippen molar-refractivity contribution in [3.8, 4) is 0 Å². The molecule has 1 fully saturated rings. The zero-order valence-electron chi connectivity index (χ0n) is 12.1. The Bertz CT molecular complexity index is 347. The van der Waals surface area contributed by atoms with Gasteiger partial charge in [0.05, 0.1) is 6.61 Å². The molecule has 116 valence electrons. The highest BCUT2D eigenvalue weighted by atomic mass is 19.1. The Kier molecular flexibility index (Phi) is 5.74. The number of aliphatic carboxylic acids is 1. The normalized spacial score (nSPS) is 18.7. The van der Waals surface area contributed by atoms with Crippen molar-refractivity contribution >= 4 is 12.1 Å². The standard InChI is InChI=1S/C13H22FNO5/c1-13(2,3)20-12(18)15-6-4-9(5-7-15)8-19-10(14)11(16)17/h9-10H,4-8H2,1-3H3,(H,16,17). The number of hydrogen-bond donors (Lipinski definition) is 1. The molecule has 0 bridgehead atoms. The Hall–Kier alpha value is -1.37. The van der Waals surface area contributed by atoms with Crippen molar-refractivity contribution in [1.29, 1.82) is 0 Å². The number of carboxylic acid groups (broad SMARTS) is 1. The van der Waals surface area contributed by atoms with Crippen LogP contribution in [0.1, 0.15) is 33.6 Å². The summed E-state index contributed by atoms with van der Waals surface area (Å²) in [6.07, 6.45) is -1.35. The molecule has 0 aromatic heterocycles. The summed E-state index contributed by atoms with van der Waals surface area (Å²) in [7, 11) is 0. The number of hydrogen-bond acceptors (Lipinski definition) is 4. The van der Waals surface area contributed by atoms with Crippen molar-refractivity contribution in [3.05, 3.63) is 0 Å². The van der Waals surface area contributed by atoms with Crippen LogP contribution in [0.3, 0.4) is 0 Å². The number of rotatable bonds is 4. The zero-order chi connectivity index (χ0) is 15.3. The van der Waals surface area contributed by atoms with Gasteiger partial charge in [-0.3, -0.25) is 0 Å². The Labute approximate surface area is 117 Å². The molecule has 7 heteroatoms. The summed E-state index contributed by atoms with van der Waals surface area (Å²) in [5.41, 5.74) is -0.528. The summed E-state index contributed by atoms with van der Waals surface area (Å²) in [6, 6.07) is 0. The number of halogens is 1. The van der Waals surface area contributed by atoms with Gasteiger partial charge in [0.25, 0.3) is 6.36 Å². The van der Waals surface area contributed by atoms with E-state index in [1.807, 2.05) is 0 Å². The maximum Gasteiger partial charge on any atom is 0.410 e. The zero-order valence-corrected chi connectivity index (χ0v) is 12.1. The number of carbonyl (C=O) groups is 2. The minimum Gasteiger partial charge on any atom is -0.477 e. The molecule has 1 aliphatic rings. The van der Waals surface area contributed by atoms with Crippen LogP contribution in [0.2, 0.25) is 0 Å². The third kappa shape index (κ3) is 5.73. The molecule has 1 saturated heterocycles. The molecule has 0 saturated carbocycles. The van der Waals surface area contributed by atoms with Crippen LogP contribution in [-0.4, -0.2) is 53.7 Å². The number of carbonyl (C=O) groups excluding carboxylic acids is 1. The predicted octanol–water partition coefficient (Wildman–Crippen LogP) is 2.03. The van der Waals surface area contributed by atoms with Crippen LogP contribution in [0, 0.1) is 5.92 Å². The van der Waals surface area contributed by atoms with E-state index in [9.17, 15) is 14.0 Å². The number of carboxylic acids is 1. The first-order chi connectivity index (χ1) is 9.19. The number of likely N-dealkylation sites (tertiary alicyclic amines) is 1. The first-order valence-corrected chi connectivity index (χ1v) is 6.65. The molecule has 0 spiro atoms. The number of nitrogens with zero attached hydrogens (tertiary/aromatic N) is 1. The summed E-state index contributed by atoms with van der Waals surface area (Å²) in [5.74, 6) is -1.55. The van der Waals surface area contributed by atoms with Crippen LogP contribution in [0.4, 0.5) is 9.18 Å². The van der Waals surface area contributed by atoms with Gasteiger partial charge in [-0.2, -0.15) is 0 Å². The van der Waals surface area contributed by atoms with Crippen molar-refractivity contribution in [2.24, 2.45) is 5.92 Å². The van der Waals surface area contributed by atoms with Gasteiger partial charge in [0.15, 0.2) is 0 Å². The summed E-state index contributed by atoms with van der Waals surface area (Å²) in [6.45, 7) is 6.48. The summed E-state index contributed by atoms with van der Waals surface area (Å²) in [5, 5.41) is 8.37.